The summed E-state index contributed by atoms with van der Waals surface area (Å²) in [6.07, 6.45) is 0. The second-order valence-corrected chi connectivity index (χ2v) is 5.28. The smallest absolute Gasteiger partial charge is 0.176 e. The van der Waals surface area contributed by atoms with Crippen LogP contribution in [0.2, 0.25) is 0 Å². The van der Waals surface area contributed by atoms with Crippen molar-refractivity contribution in [3.63, 3.8) is 0 Å². The van der Waals surface area contributed by atoms with E-state index in [1.165, 1.54) is 12.1 Å². The first-order valence-corrected chi connectivity index (χ1v) is 6.25. The zero-order valence-electron chi connectivity index (χ0n) is 10.8. The third-order valence-electron chi connectivity index (χ3n) is 3.73. The van der Waals surface area contributed by atoms with Crippen molar-refractivity contribution in [2.75, 3.05) is 19.6 Å². The maximum absolute atomic E-state index is 12.0. The van der Waals surface area contributed by atoms with Gasteiger partial charge in [0.2, 0.25) is 0 Å². The molecule has 1 heterocycles. The van der Waals surface area contributed by atoms with Gasteiger partial charge in [0.25, 0.3) is 0 Å². The second kappa shape index (κ2) is 4.98. The molecule has 4 heteroatoms. The van der Waals surface area contributed by atoms with E-state index in [0.29, 0.717) is 23.9 Å². The maximum atomic E-state index is 12.0. The van der Waals surface area contributed by atoms with Crippen molar-refractivity contribution in [1.82, 2.24) is 4.90 Å². The van der Waals surface area contributed by atoms with Crippen molar-refractivity contribution in [3.05, 3.63) is 23.8 Å². The number of carbonyl (C=O) groups excluding carboxylic acids is 1. The molecule has 2 N–H and O–H groups in total. The Balaban J connectivity index is 2.02. The third-order valence-corrected chi connectivity index (χ3v) is 3.73. The van der Waals surface area contributed by atoms with E-state index in [0.717, 1.165) is 13.1 Å². The van der Waals surface area contributed by atoms with Crippen LogP contribution in [-0.4, -0.2) is 40.5 Å². The summed E-state index contributed by atoms with van der Waals surface area (Å²) in [4.78, 5) is 14.2. The monoisotopic (exact) mass is 249 g/mol. The van der Waals surface area contributed by atoms with Gasteiger partial charge in [-0.15, -0.1) is 0 Å². The van der Waals surface area contributed by atoms with Gasteiger partial charge in [0, 0.05) is 18.7 Å². The molecule has 1 aliphatic heterocycles. The lowest BCUT2D eigenvalue weighted by Crippen LogP contribution is -2.28. The summed E-state index contributed by atoms with van der Waals surface area (Å²) in [5, 5.41) is 18.6. The SMILES string of the molecule is CC1CN(CC(=O)c2ccc(O)c(O)c2)CC1C. The highest BCUT2D eigenvalue weighted by Crippen LogP contribution is 2.26. The Morgan fingerprint density at radius 1 is 1.22 bits per heavy atom. The van der Waals surface area contributed by atoms with Gasteiger partial charge in [0.15, 0.2) is 17.3 Å². The second-order valence-electron chi connectivity index (χ2n) is 5.28. The van der Waals surface area contributed by atoms with Crippen LogP contribution in [0.15, 0.2) is 18.2 Å². The standard InChI is InChI=1S/C14H19NO3/c1-9-6-15(7-10(9)2)8-14(18)11-3-4-12(16)13(17)5-11/h3-5,9-10,16-17H,6-8H2,1-2H3. The zero-order chi connectivity index (χ0) is 13.3. The van der Waals surface area contributed by atoms with Gasteiger partial charge in [-0.05, 0) is 30.0 Å². The van der Waals surface area contributed by atoms with Crippen molar-refractivity contribution in [2.45, 2.75) is 13.8 Å². The van der Waals surface area contributed by atoms with Crippen LogP contribution >= 0.6 is 0 Å². The molecule has 2 atom stereocenters. The fourth-order valence-electron chi connectivity index (χ4n) is 2.37. The predicted molar refractivity (Wildman–Crippen MR) is 68.9 cm³/mol. The summed E-state index contributed by atoms with van der Waals surface area (Å²) in [5.41, 5.74) is 0.442. The summed E-state index contributed by atoms with van der Waals surface area (Å²) in [5.74, 6) is 0.766. The van der Waals surface area contributed by atoms with Gasteiger partial charge in [0.1, 0.15) is 0 Å². The Morgan fingerprint density at radius 2 is 1.83 bits per heavy atom. The number of nitrogens with zero attached hydrogens (tertiary/aromatic N) is 1. The maximum Gasteiger partial charge on any atom is 0.176 e. The minimum atomic E-state index is -0.246. The number of hydrogen-bond donors (Lipinski definition) is 2. The summed E-state index contributed by atoms with van der Waals surface area (Å²) < 4.78 is 0. The van der Waals surface area contributed by atoms with Crippen LogP contribution in [0.4, 0.5) is 0 Å². The molecule has 0 aliphatic carbocycles. The summed E-state index contributed by atoms with van der Waals surface area (Å²) >= 11 is 0. The molecule has 1 fully saturated rings. The van der Waals surface area contributed by atoms with Crippen molar-refractivity contribution < 1.29 is 15.0 Å². The minimum Gasteiger partial charge on any atom is -0.504 e. The van der Waals surface area contributed by atoms with E-state index in [9.17, 15) is 15.0 Å². The quantitative estimate of drug-likeness (QED) is 0.634. The van der Waals surface area contributed by atoms with Gasteiger partial charge < -0.3 is 10.2 Å². The molecule has 2 unspecified atom stereocenters. The number of benzene rings is 1. The molecule has 4 nitrogen and oxygen atoms in total. The molecule has 1 aromatic carbocycles. The normalized spacial score (nSPS) is 24.3. The molecule has 0 saturated carbocycles. The molecular weight excluding hydrogens is 230 g/mol. The van der Waals surface area contributed by atoms with E-state index in [1.54, 1.807) is 6.07 Å². The van der Waals surface area contributed by atoms with Crippen molar-refractivity contribution in [1.29, 1.82) is 0 Å². The average Bonchev–Trinajstić information content (AvgIpc) is 2.61. The first-order chi connectivity index (χ1) is 8.47. The van der Waals surface area contributed by atoms with Gasteiger partial charge in [-0.25, -0.2) is 0 Å². The molecular formula is C14H19NO3. The third kappa shape index (κ3) is 2.64. The molecule has 0 radical (unpaired) electrons. The molecule has 0 amide bonds. The first-order valence-electron chi connectivity index (χ1n) is 6.25. The van der Waals surface area contributed by atoms with Crippen LogP contribution in [0.3, 0.4) is 0 Å². The number of hydrogen-bond acceptors (Lipinski definition) is 4. The fraction of sp³-hybridized carbons (Fsp3) is 0.500. The van der Waals surface area contributed by atoms with Crippen LogP contribution in [0.5, 0.6) is 11.5 Å². The Morgan fingerprint density at radius 3 is 2.39 bits per heavy atom. The van der Waals surface area contributed by atoms with Crippen LogP contribution in [0.25, 0.3) is 0 Å². The highest BCUT2D eigenvalue weighted by atomic mass is 16.3. The van der Waals surface area contributed by atoms with Crippen LogP contribution in [0, 0.1) is 11.8 Å². The number of likely N-dealkylation sites (tertiary alicyclic amines) is 1. The van der Waals surface area contributed by atoms with E-state index in [4.69, 9.17) is 0 Å². The van der Waals surface area contributed by atoms with Crippen molar-refractivity contribution in [2.24, 2.45) is 11.8 Å². The number of aromatic hydroxyl groups is 2. The fourth-order valence-corrected chi connectivity index (χ4v) is 2.37. The molecule has 1 aromatic rings. The van der Waals surface area contributed by atoms with Gasteiger partial charge in [-0.3, -0.25) is 9.69 Å². The number of Topliss-reactive ketones (excluding diaryl/α,β-unsaturated/α-hetero) is 1. The van der Waals surface area contributed by atoms with E-state index < -0.39 is 0 Å². The highest BCUT2D eigenvalue weighted by Gasteiger charge is 2.27. The number of carbonyl (C=O) groups is 1. The lowest BCUT2D eigenvalue weighted by Gasteiger charge is -2.14. The van der Waals surface area contributed by atoms with Gasteiger partial charge >= 0.3 is 0 Å². The largest absolute Gasteiger partial charge is 0.504 e. The summed E-state index contributed by atoms with van der Waals surface area (Å²) in [7, 11) is 0. The molecule has 1 aliphatic rings. The zero-order valence-corrected chi connectivity index (χ0v) is 10.8. The van der Waals surface area contributed by atoms with E-state index >= 15 is 0 Å². The number of ketones is 1. The van der Waals surface area contributed by atoms with Crippen molar-refractivity contribution >= 4 is 5.78 Å². The topological polar surface area (TPSA) is 60.8 Å². The van der Waals surface area contributed by atoms with Gasteiger partial charge in [-0.1, -0.05) is 13.8 Å². The average molecular weight is 249 g/mol. The lowest BCUT2D eigenvalue weighted by molar-refractivity contribution is 0.0942. The molecule has 2 rings (SSSR count). The van der Waals surface area contributed by atoms with Crippen LogP contribution < -0.4 is 0 Å². The molecule has 0 spiro atoms. The van der Waals surface area contributed by atoms with E-state index in [1.807, 2.05) is 0 Å². The Labute approximate surface area is 107 Å². The predicted octanol–water partition coefficient (Wildman–Crippen LogP) is 1.87. The number of rotatable bonds is 3. The number of phenols is 2. The van der Waals surface area contributed by atoms with E-state index in [2.05, 4.69) is 18.7 Å². The van der Waals surface area contributed by atoms with Gasteiger partial charge in [0.05, 0.1) is 6.54 Å². The Hall–Kier alpha value is -1.55. The van der Waals surface area contributed by atoms with Crippen LogP contribution in [-0.2, 0) is 0 Å². The summed E-state index contributed by atoms with van der Waals surface area (Å²) in [6, 6.07) is 4.21. The minimum absolute atomic E-state index is 0.0217. The lowest BCUT2D eigenvalue weighted by atomic mass is 10.0. The van der Waals surface area contributed by atoms with Crippen molar-refractivity contribution in [3.8, 4) is 11.5 Å². The Bertz CT molecular complexity index is 448. The number of phenolic OH excluding ortho intramolecular Hbond substituents is 2. The molecule has 0 bridgehead atoms. The summed E-state index contributed by atoms with van der Waals surface area (Å²) in [6.45, 7) is 6.65. The van der Waals surface area contributed by atoms with Gasteiger partial charge in [-0.2, -0.15) is 0 Å². The highest BCUT2D eigenvalue weighted by molar-refractivity contribution is 5.98. The van der Waals surface area contributed by atoms with E-state index in [-0.39, 0.29) is 17.3 Å². The first kappa shape index (κ1) is 12.9. The Kier molecular flexibility index (Phi) is 3.57. The molecule has 0 aromatic heterocycles. The molecule has 18 heavy (non-hydrogen) atoms. The molecule has 98 valence electrons. The molecule has 1 saturated heterocycles. The van der Waals surface area contributed by atoms with Crippen LogP contribution in [0.1, 0.15) is 24.2 Å².